The van der Waals surface area contributed by atoms with E-state index in [-0.39, 0.29) is 18.8 Å². The number of hydrogen-bond acceptors (Lipinski definition) is 2. The lowest BCUT2D eigenvalue weighted by Crippen LogP contribution is -2.29. The van der Waals surface area contributed by atoms with Gasteiger partial charge >= 0.3 is 6.18 Å². The SMILES string of the molecule is CCOc1cccc(C(O)C2CCC(C(F)(F)F)CC2)c1. The van der Waals surface area contributed by atoms with E-state index in [2.05, 4.69) is 0 Å². The van der Waals surface area contributed by atoms with Gasteiger partial charge in [-0.3, -0.25) is 0 Å². The van der Waals surface area contributed by atoms with Crippen LogP contribution in [0.4, 0.5) is 13.2 Å². The zero-order valence-electron chi connectivity index (χ0n) is 12.1. The van der Waals surface area contributed by atoms with Crippen LogP contribution in [0.3, 0.4) is 0 Å². The lowest BCUT2D eigenvalue weighted by Gasteiger charge is -2.32. The lowest BCUT2D eigenvalue weighted by molar-refractivity contribution is -0.185. The molecule has 1 aliphatic carbocycles. The summed E-state index contributed by atoms with van der Waals surface area (Å²) in [5.41, 5.74) is 0.719. The van der Waals surface area contributed by atoms with E-state index in [1.54, 1.807) is 24.3 Å². The highest BCUT2D eigenvalue weighted by atomic mass is 19.4. The standard InChI is InChI=1S/C16H21F3O2/c1-2-21-14-5-3-4-12(10-14)15(20)11-6-8-13(9-7-11)16(17,18)19/h3-5,10-11,13,15,20H,2,6-9H2,1H3. The van der Waals surface area contributed by atoms with Crippen molar-refractivity contribution in [3.63, 3.8) is 0 Å². The Morgan fingerprint density at radius 1 is 1.24 bits per heavy atom. The van der Waals surface area contributed by atoms with Crippen molar-refractivity contribution in [2.75, 3.05) is 6.61 Å². The van der Waals surface area contributed by atoms with Gasteiger partial charge in [-0.2, -0.15) is 13.2 Å². The molecule has 0 radical (unpaired) electrons. The highest BCUT2D eigenvalue weighted by Crippen LogP contribution is 2.43. The van der Waals surface area contributed by atoms with Crippen molar-refractivity contribution >= 4 is 0 Å². The van der Waals surface area contributed by atoms with Gasteiger partial charge < -0.3 is 9.84 Å². The second-order valence-corrected chi connectivity index (χ2v) is 5.60. The van der Waals surface area contributed by atoms with Crippen molar-refractivity contribution < 1.29 is 23.0 Å². The van der Waals surface area contributed by atoms with E-state index < -0.39 is 18.2 Å². The van der Waals surface area contributed by atoms with Crippen molar-refractivity contribution in [1.82, 2.24) is 0 Å². The van der Waals surface area contributed by atoms with Gasteiger partial charge in [0.05, 0.1) is 18.6 Å². The van der Waals surface area contributed by atoms with Crippen LogP contribution < -0.4 is 4.74 Å². The monoisotopic (exact) mass is 302 g/mol. The second-order valence-electron chi connectivity index (χ2n) is 5.60. The second kappa shape index (κ2) is 6.69. The predicted octanol–water partition coefficient (Wildman–Crippen LogP) is 4.49. The maximum absolute atomic E-state index is 12.7. The van der Waals surface area contributed by atoms with E-state index in [9.17, 15) is 18.3 Å². The van der Waals surface area contributed by atoms with Crippen LogP contribution >= 0.6 is 0 Å². The van der Waals surface area contributed by atoms with Gasteiger partial charge in [0, 0.05) is 0 Å². The maximum Gasteiger partial charge on any atom is 0.391 e. The maximum atomic E-state index is 12.7. The Labute approximate surface area is 122 Å². The Hall–Kier alpha value is -1.23. The number of rotatable bonds is 4. The molecule has 0 spiro atoms. The summed E-state index contributed by atoms with van der Waals surface area (Å²) in [6.45, 7) is 2.41. The fourth-order valence-corrected chi connectivity index (χ4v) is 2.99. The van der Waals surface area contributed by atoms with Gasteiger partial charge in [0.25, 0.3) is 0 Å². The van der Waals surface area contributed by atoms with Crippen LogP contribution in [0.5, 0.6) is 5.75 Å². The van der Waals surface area contributed by atoms with Crippen LogP contribution in [0.25, 0.3) is 0 Å². The molecule has 2 nitrogen and oxygen atoms in total. The minimum absolute atomic E-state index is 0.108. The summed E-state index contributed by atoms with van der Waals surface area (Å²) in [7, 11) is 0. The van der Waals surface area contributed by atoms with Crippen molar-refractivity contribution in [2.24, 2.45) is 11.8 Å². The quantitative estimate of drug-likeness (QED) is 0.888. The van der Waals surface area contributed by atoms with E-state index in [0.29, 0.717) is 25.2 Å². The molecule has 1 fully saturated rings. The van der Waals surface area contributed by atoms with Gasteiger partial charge in [-0.1, -0.05) is 12.1 Å². The van der Waals surface area contributed by atoms with Crippen molar-refractivity contribution in [3.05, 3.63) is 29.8 Å². The molecule has 1 N–H and O–H groups in total. The molecule has 118 valence electrons. The molecule has 1 aromatic carbocycles. The Morgan fingerprint density at radius 2 is 1.90 bits per heavy atom. The molecule has 1 unspecified atom stereocenters. The van der Waals surface area contributed by atoms with Crippen LogP contribution in [0.2, 0.25) is 0 Å². The third-order valence-electron chi connectivity index (χ3n) is 4.19. The molecule has 0 bridgehead atoms. The Bertz CT molecular complexity index is 451. The molecular formula is C16H21F3O2. The molecular weight excluding hydrogens is 281 g/mol. The fraction of sp³-hybridized carbons (Fsp3) is 0.625. The Morgan fingerprint density at radius 3 is 2.48 bits per heavy atom. The van der Waals surface area contributed by atoms with Crippen LogP contribution in [-0.2, 0) is 0 Å². The molecule has 0 aromatic heterocycles. The first-order chi connectivity index (χ1) is 9.91. The van der Waals surface area contributed by atoms with Crippen LogP contribution in [0.15, 0.2) is 24.3 Å². The van der Waals surface area contributed by atoms with Gasteiger partial charge in [-0.05, 0) is 56.2 Å². The molecule has 0 heterocycles. The lowest BCUT2D eigenvalue weighted by atomic mass is 9.77. The van der Waals surface area contributed by atoms with Crippen LogP contribution in [-0.4, -0.2) is 17.9 Å². The summed E-state index contributed by atoms with van der Waals surface area (Å²) in [4.78, 5) is 0. The molecule has 21 heavy (non-hydrogen) atoms. The van der Waals surface area contributed by atoms with Gasteiger partial charge in [0.1, 0.15) is 5.75 Å². The third kappa shape index (κ3) is 4.13. The topological polar surface area (TPSA) is 29.5 Å². The molecule has 1 aliphatic rings. The number of benzene rings is 1. The number of halogens is 3. The Kier molecular flexibility index (Phi) is 5.14. The summed E-state index contributed by atoms with van der Waals surface area (Å²) in [6, 6.07) is 7.16. The van der Waals surface area contributed by atoms with E-state index in [0.717, 1.165) is 5.56 Å². The molecule has 0 saturated heterocycles. The average Bonchev–Trinajstić information content (AvgIpc) is 2.46. The predicted molar refractivity (Wildman–Crippen MR) is 74.1 cm³/mol. The number of alkyl halides is 3. The van der Waals surface area contributed by atoms with Crippen molar-refractivity contribution in [1.29, 1.82) is 0 Å². The van der Waals surface area contributed by atoms with E-state index in [1.165, 1.54) is 0 Å². The van der Waals surface area contributed by atoms with Crippen molar-refractivity contribution in [3.8, 4) is 5.75 Å². The van der Waals surface area contributed by atoms with Gasteiger partial charge in [0.2, 0.25) is 0 Å². The van der Waals surface area contributed by atoms with Crippen molar-refractivity contribution in [2.45, 2.75) is 44.9 Å². The summed E-state index contributed by atoms with van der Waals surface area (Å²) in [5, 5.41) is 10.4. The smallest absolute Gasteiger partial charge is 0.391 e. The highest BCUT2D eigenvalue weighted by molar-refractivity contribution is 5.30. The molecule has 5 heteroatoms. The minimum Gasteiger partial charge on any atom is -0.494 e. The Balaban J connectivity index is 1.98. The van der Waals surface area contributed by atoms with E-state index in [4.69, 9.17) is 4.74 Å². The third-order valence-corrected chi connectivity index (χ3v) is 4.19. The average molecular weight is 302 g/mol. The number of hydrogen-bond donors (Lipinski definition) is 1. The van der Waals surface area contributed by atoms with E-state index >= 15 is 0 Å². The van der Waals surface area contributed by atoms with E-state index in [1.807, 2.05) is 6.92 Å². The number of aliphatic hydroxyl groups excluding tert-OH is 1. The largest absolute Gasteiger partial charge is 0.494 e. The first-order valence-corrected chi connectivity index (χ1v) is 7.39. The molecule has 1 saturated carbocycles. The van der Waals surface area contributed by atoms with Gasteiger partial charge in [-0.25, -0.2) is 0 Å². The first kappa shape index (κ1) is 16.1. The molecule has 1 atom stereocenters. The van der Waals surface area contributed by atoms with Crippen LogP contribution in [0, 0.1) is 11.8 Å². The number of ether oxygens (including phenoxy) is 1. The number of aliphatic hydroxyl groups is 1. The summed E-state index contributed by atoms with van der Waals surface area (Å²) in [5.74, 6) is -0.644. The first-order valence-electron chi connectivity index (χ1n) is 7.39. The zero-order valence-corrected chi connectivity index (χ0v) is 12.1. The highest BCUT2D eigenvalue weighted by Gasteiger charge is 2.42. The molecule has 1 aromatic rings. The summed E-state index contributed by atoms with van der Waals surface area (Å²) in [6.07, 6.45) is -3.80. The zero-order chi connectivity index (χ0) is 15.5. The normalized spacial score (nSPS) is 24.6. The minimum atomic E-state index is -4.11. The molecule has 0 amide bonds. The van der Waals surface area contributed by atoms with Crippen LogP contribution in [0.1, 0.15) is 44.3 Å². The summed E-state index contributed by atoms with van der Waals surface area (Å²) < 4.78 is 43.3. The fourth-order valence-electron chi connectivity index (χ4n) is 2.99. The molecule has 0 aliphatic heterocycles. The van der Waals surface area contributed by atoms with Gasteiger partial charge in [-0.15, -0.1) is 0 Å². The molecule has 2 rings (SSSR count). The van der Waals surface area contributed by atoms with Gasteiger partial charge in [0.15, 0.2) is 0 Å². The summed E-state index contributed by atoms with van der Waals surface area (Å²) >= 11 is 0.